The molecule has 2 fully saturated rings. The minimum Gasteiger partial charge on any atom is -0.360 e. The Kier molecular flexibility index (Phi) is 3.07. The van der Waals surface area contributed by atoms with Gasteiger partial charge < -0.3 is 9.64 Å². The Hall–Kier alpha value is -2.27. The number of hydrogen-bond donors (Lipinski definition) is 0. The molecule has 2 aliphatic heterocycles. The quantitative estimate of drug-likeness (QED) is 0.847. The fourth-order valence-corrected chi connectivity index (χ4v) is 4.00. The molecular formula is C20H21N3O2. The Bertz CT molecular complexity index is 862. The topological polar surface area (TPSA) is 55.3 Å². The Labute approximate surface area is 147 Å². The highest BCUT2D eigenvalue weighted by Crippen LogP contribution is 2.44. The van der Waals surface area contributed by atoms with Gasteiger partial charge in [0.2, 0.25) is 0 Å². The van der Waals surface area contributed by atoms with Crippen LogP contribution in [0.15, 0.2) is 24.4 Å². The van der Waals surface area contributed by atoms with E-state index in [1.807, 2.05) is 37.1 Å². The van der Waals surface area contributed by atoms with Gasteiger partial charge in [0.25, 0.3) is 5.91 Å². The van der Waals surface area contributed by atoms with Crippen molar-refractivity contribution in [3.05, 3.63) is 58.2 Å². The Morgan fingerprint density at radius 1 is 1.20 bits per heavy atom. The fraction of sp³-hybridized carbons (Fsp3) is 0.450. The predicted molar refractivity (Wildman–Crippen MR) is 92.3 cm³/mol. The summed E-state index contributed by atoms with van der Waals surface area (Å²) >= 11 is 0. The number of benzene rings is 1. The third-order valence-electron chi connectivity index (χ3n) is 5.45. The average molecular weight is 335 g/mol. The zero-order chi connectivity index (χ0) is 17.2. The number of aromatic nitrogens is 2. The third kappa shape index (κ3) is 2.37. The number of aryl methyl sites for hydroxylation is 2. The van der Waals surface area contributed by atoms with Crippen LogP contribution in [0.5, 0.6) is 0 Å². The Balaban J connectivity index is 1.36. The lowest BCUT2D eigenvalue weighted by atomic mass is 9.87. The molecule has 0 N–H and O–H groups in total. The summed E-state index contributed by atoms with van der Waals surface area (Å²) in [7, 11) is 0. The molecule has 128 valence electrons. The molecule has 1 aromatic carbocycles. The summed E-state index contributed by atoms with van der Waals surface area (Å²) < 4.78 is 6.07. The standard InChI is InChI=1S/C20H21N3O2/c1-12-5-13(2)7-15(6-12)19(24)23-10-20(11-23)16-8-21-18(14-3-4-14)22-17(16)9-25-20/h5-8,14H,3-4,9-11H2,1-2H3. The Morgan fingerprint density at radius 2 is 1.92 bits per heavy atom. The van der Waals surface area contributed by atoms with Gasteiger partial charge in [0.1, 0.15) is 11.4 Å². The van der Waals surface area contributed by atoms with Gasteiger partial charge in [-0.1, -0.05) is 17.2 Å². The normalized spacial score (nSPS) is 20.5. The molecule has 5 nitrogen and oxygen atoms in total. The van der Waals surface area contributed by atoms with Crippen LogP contribution in [0.2, 0.25) is 0 Å². The van der Waals surface area contributed by atoms with E-state index in [4.69, 9.17) is 9.72 Å². The van der Waals surface area contributed by atoms with Crippen molar-refractivity contribution in [3.8, 4) is 0 Å². The second-order valence-electron chi connectivity index (χ2n) is 7.68. The Morgan fingerprint density at radius 3 is 2.60 bits per heavy atom. The zero-order valence-electron chi connectivity index (χ0n) is 14.6. The molecule has 1 aromatic heterocycles. The number of ether oxygens (including phenoxy) is 1. The highest BCUT2D eigenvalue weighted by molar-refractivity contribution is 5.95. The number of carbonyl (C=O) groups excluding carboxylic acids is 1. The van der Waals surface area contributed by atoms with Crippen LogP contribution in [0, 0.1) is 13.8 Å². The number of hydrogen-bond acceptors (Lipinski definition) is 4. The monoisotopic (exact) mass is 335 g/mol. The van der Waals surface area contributed by atoms with Crippen LogP contribution in [0.1, 0.15) is 57.3 Å². The van der Waals surface area contributed by atoms with E-state index in [2.05, 4.69) is 11.1 Å². The van der Waals surface area contributed by atoms with E-state index in [0.29, 0.717) is 25.6 Å². The minimum absolute atomic E-state index is 0.0741. The summed E-state index contributed by atoms with van der Waals surface area (Å²) in [6.45, 7) is 5.73. The number of carbonyl (C=O) groups is 1. The number of fused-ring (bicyclic) bond motifs is 2. The van der Waals surface area contributed by atoms with Crippen LogP contribution in [0.4, 0.5) is 0 Å². The summed E-state index contributed by atoms with van der Waals surface area (Å²) in [5, 5.41) is 0. The van der Waals surface area contributed by atoms with E-state index in [1.54, 1.807) is 0 Å². The molecule has 1 aliphatic carbocycles. The lowest BCUT2D eigenvalue weighted by molar-refractivity contribution is -0.126. The second kappa shape index (κ2) is 5.11. The van der Waals surface area contributed by atoms with Crippen molar-refractivity contribution in [3.63, 3.8) is 0 Å². The molecule has 0 unspecified atom stereocenters. The smallest absolute Gasteiger partial charge is 0.254 e. The molecule has 0 atom stereocenters. The highest BCUT2D eigenvalue weighted by Gasteiger charge is 2.52. The van der Waals surface area contributed by atoms with E-state index in [9.17, 15) is 4.79 Å². The van der Waals surface area contributed by atoms with Crippen LogP contribution in [0.25, 0.3) is 0 Å². The molecule has 5 heteroatoms. The van der Waals surface area contributed by atoms with Crippen LogP contribution in [-0.2, 0) is 16.9 Å². The van der Waals surface area contributed by atoms with Crippen LogP contribution >= 0.6 is 0 Å². The first-order chi connectivity index (χ1) is 12.0. The maximum absolute atomic E-state index is 12.8. The number of rotatable bonds is 2. The maximum atomic E-state index is 12.8. The summed E-state index contributed by atoms with van der Waals surface area (Å²) in [6, 6.07) is 5.99. The minimum atomic E-state index is -0.397. The molecule has 5 rings (SSSR count). The molecule has 1 amide bonds. The van der Waals surface area contributed by atoms with Gasteiger partial charge in [0.05, 0.1) is 25.4 Å². The summed E-state index contributed by atoms with van der Waals surface area (Å²) in [5.41, 5.74) is 4.66. The van der Waals surface area contributed by atoms with Crippen molar-refractivity contribution in [2.45, 2.75) is 44.8 Å². The first kappa shape index (κ1) is 15.0. The van der Waals surface area contributed by atoms with Crippen molar-refractivity contribution in [1.29, 1.82) is 0 Å². The van der Waals surface area contributed by atoms with Gasteiger partial charge in [0, 0.05) is 23.2 Å². The van der Waals surface area contributed by atoms with E-state index in [-0.39, 0.29) is 5.91 Å². The number of likely N-dealkylation sites (tertiary alicyclic amines) is 1. The van der Waals surface area contributed by atoms with E-state index >= 15 is 0 Å². The van der Waals surface area contributed by atoms with Crippen molar-refractivity contribution in [2.24, 2.45) is 0 Å². The van der Waals surface area contributed by atoms with Gasteiger partial charge in [-0.15, -0.1) is 0 Å². The fourth-order valence-electron chi connectivity index (χ4n) is 4.00. The lowest BCUT2D eigenvalue weighted by Gasteiger charge is -2.47. The van der Waals surface area contributed by atoms with Gasteiger partial charge in [-0.05, 0) is 38.8 Å². The van der Waals surface area contributed by atoms with Gasteiger partial charge in [-0.3, -0.25) is 4.79 Å². The van der Waals surface area contributed by atoms with E-state index < -0.39 is 5.60 Å². The highest BCUT2D eigenvalue weighted by atomic mass is 16.5. The molecule has 25 heavy (non-hydrogen) atoms. The van der Waals surface area contributed by atoms with Gasteiger partial charge >= 0.3 is 0 Å². The molecule has 3 aliphatic rings. The molecule has 2 aromatic rings. The van der Waals surface area contributed by atoms with Crippen LogP contribution in [0.3, 0.4) is 0 Å². The summed E-state index contributed by atoms with van der Waals surface area (Å²) in [4.78, 5) is 23.9. The summed E-state index contributed by atoms with van der Waals surface area (Å²) in [6.07, 6.45) is 4.33. The summed E-state index contributed by atoms with van der Waals surface area (Å²) in [5.74, 6) is 1.58. The van der Waals surface area contributed by atoms with Crippen LogP contribution < -0.4 is 0 Å². The zero-order valence-corrected chi connectivity index (χ0v) is 14.6. The van der Waals surface area contributed by atoms with Gasteiger partial charge in [-0.25, -0.2) is 9.97 Å². The lowest BCUT2D eigenvalue weighted by Crippen LogP contribution is -2.61. The molecular weight excluding hydrogens is 314 g/mol. The number of nitrogens with zero attached hydrogens (tertiary/aromatic N) is 3. The third-order valence-corrected chi connectivity index (χ3v) is 5.45. The van der Waals surface area contributed by atoms with Crippen molar-refractivity contribution < 1.29 is 9.53 Å². The first-order valence-electron chi connectivity index (χ1n) is 8.92. The van der Waals surface area contributed by atoms with Crippen LogP contribution in [-0.4, -0.2) is 33.9 Å². The first-order valence-corrected chi connectivity index (χ1v) is 8.92. The van der Waals surface area contributed by atoms with Gasteiger partial charge in [0.15, 0.2) is 0 Å². The maximum Gasteiger partial charge on any atom is 0.254 e. The number of amides is 1. The van der Waals surface area contributed by atoms with Crippen molar-refractivity contribution in [1.82, 2.24) is 14.9 Å². The second-order valence-corrected chi connectivity index (χ2v) is 7.68. The van der Waals surface area contributed by atoms with E-state index in [1.165, 1.54) is 12.8 Å². The average Bonchev–Trinajstić information content (AvgIpc) is 3.32. The van der Waals surface area contributed by atoms with Crippen molar-refractivity contribution in [2.75, 3.05) is 13.1 Å². The van der Waals surface area contributed by atoms with E-state index in [0.717, 1.165) is 33.8 Å². The largest absolute Gasteiger partial charge is 0.360 e. The molecule has 1 spiro atoms. The molecule has 1 saturated heterocycles. The molecule has 0 radical (unpaired) electrons. The molecule has 1 saturated carbocycles. The molecule has 0 bridgehead atoms. The SMILES string of the molecule is Cc1cc(C)cc(C(=O)N2CC3(C2)OCc2nc(C4CC4)ncc23)c1. The van der Waals surface area contributed by atoms with Crippen molar-refractivity contribution >= 4 is 5.91 Å². The van der Waals surface area contributed by atoms with Gasteiger partial charge in [-0.2, -0.15) is 0 Å². The molecule has 3 heterocycles. The predicted octanol–water partition coefficient (Wildman–Crippen LogP) is 2.85.